The molecule has 0 saturated carbocycles. The number of nitrogens with zero attached hydrogens (tertiary/aromatic N) is 4. The van der Waals surface area contributed by atoms with Crippen LogP contribution in [0.5, 0.6) is 0 Å². The fourth-order valence-electron chi connectivity index (χ4n) is 3.60. The molecule has 0 amide bonds. The molecule has 0 bridgehead atoms. The molecule has 26 heavy (non-hydrogen) atoms. The smallest absolute Gasteiger partial charge is 0.309 e. The Morgan fingerprint density at radius 3 is 2.77 bits per heavy atom. The zero-order valence-electron chi connectivity index (χ0n) is 14.9. The first kappa shape index (κ1) is 17.1. The quantitative estimate of drug-likeness (QED) is 0.657. The van der Waals surface area contributed by atoms with Crippen LogP contribution in [0.15, 0.2) is 24.3 Å². The summed E-state index contributed by atoms with van der Waals surface area (Å²) in [5.41, 5.74) is 2.42. The van der Waals surface area contributed by atoms with Gasteiger partial charge in [-0.05, 0) is 38.8 Å². The third kappa shape index (κ3) is 2.78. The predicted octanol–water partition coefficient (Wildman–Crippen LogP) is 3.62. The molecule has 2 aromatic heterocycles. The lowest BCUT2D eigenvalue weighted by molar-refractivity contribution is -0.148. The Bertz CT molecular complexity index is 976. The van der Waals surface area contributed by atoms with Crippen molar-refractivity contribution in [3.05, 3.63) is 35.0 Å². The highest BCUT2D eigenvalue weighted by atomic mass is 35.5. The molecule has 0 unspecified atom stereocenters. The number of hydrogen-bond donors (Lipinski definition) is 0. The number of rotatable bonds is 3. The Morgan fingerprint density at radius 1 is 1.31 bits per heavy atom. The minimum Gasteiger partial charge on any atom is -0.466 e. The van der Waals surface area contributed by atoms with Crippen molar-refractivity contribution in [2.24, 2.45) is 5.92 Å². The molecule has 1 saturated heterocycles. The standard InChI is InChI=1S/C19H21ClN4O2/c1-3-26-19(25)13-8-10-23(11-9-13)17-14-6-4-5-7-15(14)24-18(21-17)16(20)12(2)22-24/h4-7,13H,3,8-11H2,1-2H3. The summed E-state index contributed by atoms with van der Waals surface area (Å²) in [4.78, 5) is 19.1. The molecule has 0 spiro atoms. The first-order valence-electron chi connectivity index (χ1n) is 8.95. The molecular formula is C19H21ClN4O2. The molecule has 0 N–H and O–H groups in total. The van der Waals surface area contributed by atoms with Crippen molar-refractivity contribution in [2.45, 2.75) is 26.7 Å². The summed E-state index contributed by atoms with van der Waals surface area (Å²) >= 11 is 6.43. The van der Waals surface area contributed by atoms with Gasteiger partial charge in [0.25, 0.3) is 0 Å². The Morgan fingerprint density at radius 2 is 2.04 bits per heavy atom. The van der Waals surface area contributed by atoms with Gasteiger partial charge >= 0.3 is 5.97 Å². The summed E-state index contributed by atoms with van der Waals surface area (Å²) in [5.74, 6) is 0.786. The highest BCUT2D eigenvalue weighted by molar-refractivity contribution is 6.34. The molecule has 1 aromatic carbocycles. The zero-order valence-corrected chi connectivity index (χ0v) is 15.7. The normalized spacial score (nSPS) is 15.7. The summed E-state index contributed by atoms with van der Waals surface area (Å²) in [5, 5.41) is 6.14. The van der Waals surface area contributed by atoms with Gasteiger partial charge < -0.3 is 9.64 Å². The summed E-state index contributed by atoms with van der Waals surface area (Å²) < 4.78 is 6.97. The summed E-state index contributed by atoms with van der Waals surface area (Å²) in [6, 6.07) is 8.08. The third-order valence-corrected chi connectivity index (χ3v) is 5.41. The molecule has 3 aromatic rings. The first-order chi connectivity index (χ1) is 12.6. The van der Waals surface area contributed by atoms with E-state index >= 15 is 0 Å². The number of ether oxygens (including phenoxy) is 1. The average molecular weight is 373 g/mol. The van der Waals surface area contributed by atoms with E-state index in [1.54, 1.807) is 0 Å². The van der Waals surface area contributed by atoms with Gasteiger partial charge in [-0.3, -0.25) is 4.79 Å². The third-order valence-electron chi connectivity index (χ3n) is 4.96. The van der Waals surface area contributed by atoms with E-state index in [-0.39, 0.29) is 11.9 Å². The van der Waals surface area contributed by atoms with Crippen molar-refractivity contribution < 1.29 is 9.53 Å². The molecule has 0 aliphatic carbocycles. The molecule has 3 heterocycles. The first-order valence-corrected chi connectivity index (χ1v) is 9.33. The molecule has 1 aliphatic rings. The number of anilines is 1. The van der Waals surface area contributed by atoms with Crippen LogP contribution >= 0.6 is 11.6 Å². The minimum atomic E-state index is -0.0881. The van der Waals surface area contributed by atoms with Crippen LogP contribution < -0.4 is 4.90 Å². The molecule has 136 valence electrons. The van der Waals surface area contributed by atoms with Crippen molar-refractivity contribution in [1.82, 2.24) is 14.6 Å². The number of esters is 1. The molecule has 6 nitrogen and oxygen atoms in total. The average Bonchev–Trinajstić information content (AvgIpc) is 2.96. The number of fused-ring (bicyclic) bond motifs is 3. The van der Waals surface area contributed by atoms with Gasteiger partial charge in [0.1, 0.15) is 10.8 Å². The van der Waals surface area contributed by atoms with Crippen LogP contribution in [0.1, 0.15) is 25.5 Å². The second-order valence-electron chi connectivity index (χ2n) is 6.60. The van der Waals surface area contributed by atoms with Gasteiger partial charge in [-0.1, -0.05) is 23.7 Å². The van der Waals surface area contributed by atoms with Gasteiger partial charge in [0.15, 0.2) is 5.65 Å². The van der Waals surface area contributed by atoms with Crippen LogP contribution in [-0.4, -0.2) is 40.3 Å². The largest absolute Gasteiger partial charge is 0.466 e. The minimum absolute atomic E-state index is 0.0259. The molecule has 4 rings (SSSR count). The SMILES string of the molecule is CCOC(=O)C1CCN(c2nc3c(Cl)c(C)nn3c3ccccc23)CC1. The number of piperidine rings is 1. The van der Waals surface area contributed by atoms with E-state index < -0.39 is 0 Å². The number of halogens is 1. The number of para-hydroxylation sites is 1. The number of aryl methyl sites for hydroxylation is 1. The molecule has 1 fully saturated rings. The van der Waals surface area contributed by atoms with Gasteiger partial charge in [0.2, 0.25) is 0 Å². The van der Waals surface area contributed by atoms with Gasteiger partial charge in [-0.15, -0.1) is 0 Å². The van der Waals surface area contributed by atoms with Crippen LogP contribution in [0.3, 0.4) is 0 Å². The van der Waals surface area contributed by atoms with Gasteiger partial charge in [0.05, 0.1) is 23.7 Å². The number of carbonyl (C=O) groups is 1. The molecule has 0 atom stereocenters. The number of hydrogen-bond acceptors (Lipinski definition) is 5. The molecule has 0 radical (unpaired) electrons. The maximum atomic E-state index is 12.0. The zero-order chi connectivity index (χ0) is 18.3. The monoisotopic (exact) mass is 372 g/mol. The lowest BCUT2D eigenvalue weighted by Crippen LogP contribution is -2.37. The summed E-state index contributed by atoms with van der Waals surface area (Å²) in [7, 11) is 0. The van der Waals surface area contributed by atoms with Crippen molar-refractivity contribution >= 4 is 39.9 Å². The van der Waals surface area contributed by atoms with E-state index in [4.69, 9.17) is 21.3 Å². The van der Waals surface area contributed by atoms with Crippen LogP contribution in [0.4, 0.5) is 5.82 Å². The van der Waals surface area contributed by atoms with Gasteiger partial charge in [-0.25, -0.2) is 9.50 Å². The summed E-state index contributed by atoms with van der Waals surface area (Å²) in [6.07, 6.45) is 1.54. The summed E-state index contributed by atoms with van der Waals surface area (Å²) in [6.45, 7) is 5.69. The molecule has 1 aliphatic heterocycles. The maximum Gasteiger partial charge on any atom is 0.309 e. The van der Waals surface area contributed by atoms with Crippen LogP contribution in [0, 0.1) is 12.8 Å². The highest BCUT2D eigenvalue weighted by Crippen LogP contribution is 2.32. The number of aromatic nitrogens is 3. The molecular weight excluding hydrogens is 352 g/mol. The van der Waals surface area contributed by atoms with Crippen LogP contribution in [0.2, 0.25) is 5.02 Å². The van der Waals surface area contributed by atoms with Crippen LogP contribution in [0.25, 0.3) is 16.6 Å². The van der Waals surface area contributed by atoms with E-state index in [0.29, 0.717) is 17.3 Å². The predicted molar refractivity (Wildman–Crippen MR) is 102 cm³/mol. The Balaban J connectivity index is 1.72. The Kier molecular flexibility index (Phi) is 4.44. The fourth-order valence-corrected chi connectivity index (χ4v) is 3.76. The van der Waals surface area contributed by atoms with Gasteiger partial charge in [-0.2, -0.15) is 5.10 Å². The van der Waals surface area contributed by atoms with E-state index in [2.05, 4.69) is 16.1 Å². The number of benzene rings is 1. The number of carbonyl (C=O) groups excluding carboxylic acids is 1. The fraction of sp³-hybridized carbons (Fsp3) is 0.421. The second-order valence-corrected chi connectivity index (χ2v) is 6.98. The molecule has 7 heteroatoms. The van der Waals surface area contributed by atoms with E-state index in [1.807, 2.05) is 36.6 Å². The highest BCUT2D eigenvalue weighted by Gasteiger charge is 2.28. The Labute approximate surface area is 156 Å². The Hall–Kier alpha value is -2.34. The van der Waals surface area contributed by atoms with E-state index in [9.17, 15) is 4.79 Å². The lowest BCUT2D eigenvalue weighted by atomic mass is 9.97. The van der Waals surface area contributed by atoms with E-state index in [1.165, 1.54) is 0 Å². The van der Waals surface area contributed by atoms with E-state index in [0.717, 1.165) is 48.3 Å². The van der Waals surface area contributed by atoms with Crippen molar-refractivity contribution in [3.8, 4) is 0 Å². The van der Waals surface area contributed by atoms with Crippen molar-refractivity contribution in [3.63, 3.8) is 0 Å². The second kappa shape index (κ2) is 6.76. The lowest BCUT2D eigenvalue weighted by Gasteiger charge is -2.32. The van der Waals surface area contributed by atoms with Crippen LogP contribution in [-0.2, 0) is 9.53 Å². The van der Waals surface area contributed by atoms with Crippen molar-refractivity contribution in [2.75, 3.05) is 24.6 Å². The van der Waals surface area contributed by atoms with Gasteiger partial charge in [0, 0.05) is 18.5 Å². The van der Waals surface area contributed by atoms with Crippen molar-refractivity contribution in [1.29, 1.82) is 0 Å². The topological polar surface area (TPSA) is 59.7 Å². The maximum absolute atomic E-state index is 12.0.